The van der Waals surface area contributed by atoms with Gasteiger partial charge in [0.05, 0.1) is 16.3 Å². The third kappa shape index (κ3) is 6.26. The summed E-state index contributed by atoms with van der Waals surface area (Å²) in [4.78, 5) is 23.6. The van der Waals surface area contributed by atoms with Gasteiger partial charge in [-0.15, -0.1) is 17.7 Å². The fraction of sp³-hybridized carbons (Fsp3) is 0. The summed E-state index contributed by atoms with van der Waals surface area (Å²) in [5.74, 6) is -1.39. The van der Waals surface area contributed by atoms with Gasteiger partial charge in [0.1, 0.15) is 0 Å². The third-order valence-electron chi connectivity index (χ3n) is 3.49. The number of para-hydroxylation sites is 1. The van der Waals surface area contributed by atoms with Crippen LogP contribution in [0.3, 0.4) is 0 Å². The molecule has 0 aliphatic rings. The summed E-state index contributed by atoms with van der Waals surface area (Å²) >= 11 is 0. The van der Waals surface area contributed by atoms with Crippen molar-refractivity contribution in [2.75, 3.05) is 0 Å². The van der Waals surface area contributed by atoms with Gasteiger partial charge in [0, 0.05) is 0 Å². The number of azo groups is 1. The summed E-state index contributed by atoms with van der Waals surface area (Å²) < 4.78 is 57.3. The van der Waals surface area contributed by atoms with Crippen molar-refractivity contribution in [2.24, 2.45) is 10.2 Å². The van der Waals surface area contributed by atoms with E-state index >= 15 is 0 Å². The van der Waals surface area contributed by atoms with E-state index < -0.39 is 43.6 Å². The van der Waals surface area contributed by atoms with Crippen molar-refractivity contribution in [2.45, 2.75) is 4.90 Å². The summed E-state index contributed by atoms with van der Waals surface area (Å²) in [5.41, 5.74) is -0.987. The predicted octanol–water partition coefficient (Wildman–Crippen LogP) is 1.52. The lowest BCUT2D eigenvalue weighted by Crippen LogP contribution is -2.13. The van der Waals surface area contributed by atoms with Crippen molar-refractivity contribution >= 4 is 38.1 Å². The number of rotatable bonds is 5. The van der Waals surface area contributed by atoms with Crippen LogP contribution in [-0.2, 0) is 20.7 Å². The maximum atomic E-state index is 12.5. The Morgan fingerprint density at radius 3 is 2.00 bits per heavy atom. The van der Waals surface area contributed by atoms with Crippen LogP contribution in [0, 0.1) is 0 Å². The second-order valence-electron chi connectivity index (χ2n) is 5.49. The first-order valence-electron chi connectivity index (χ1n) is 7.90. The zero-order valence-corrected chi connectivity index (χ0v) is 16.7. The van der Waals surface area contributed by atoms with Crippen LogP contribution < -0.4 is 5.56 Å². The summed E-state index contributed by atoms with van der Waals surface area (Å²) in [6.45, 7) is 0. The van der Waals surface area contributed by atoms with Crippen LogP contribution in [0.5, 0.6) is 0 Å². The van der Waals surface area contributed by atoms with E-state index in [1.54, 1.807) is 30.3 Å². The highest BCUT2D eigenvalue weighted by molar-refractivity contribution is 7.85. The van der Waals surface area contributed by atoms with Crippen molar-refractivity contribution in [3.05, 3.63) is 70.6 Å². The summed E-state index contributed by atoms with van der Waals surface area (Å²) in [6.07, 6.45) is 0. The average molecular weight is 468 g/mol. The minimum atomic E-state index is -4.35. The Kier molecular flexibility index (Phi) is 7.30. The minimum absolute atomic E-state index is 0.158. The third-order valence-corrected chi connectivity index (χ3v) is 4.36. The van der Waals surface area contributed by atoms with E-state index in [9.17, 15) is 23.1 Å². The van der Waals surface area contributed by atoms with E-state index in [1.807, 2.05) is 0 Å². The lowest BCUT2D eigenvalue weighted by Gasteiger charge is -1.99. The molecule has 0 unspecified atom stereocenters. The summed E-state index contributed by atoms with van der Waals surface area (Å²) in [5, 5.41) is 19.2. The molecule has 162 valence electrons. The van der Waals surface area contributed by atoms with E-state index in [4.69, 9.17) is 17.2 Å². The van der Waals surface area contributed by atoms with Gasteiger partial charge in [0.15, 0.2) is 11.4 Å². The fourth-order valence-electron chi connectivity index (χ4n) is 2.22. The molecule has 0 spiro atoms. The largest absolute Gasteiger partial charge is 0.476 e. The van der Waals surface area contributed by atoms with E-state index in [0.29, 0.717) is 5.69 Å². The normalized spacial score (nSPS) is 11.0. The maximum Gasteiger partial charge on any atom is 0.425 e. The Morgan fingerprint density at radius 1 is 0.968 bits per heavy atom. The topological polar surface area (TPSA) is 205 Å². The second-order valence-corrected chi connectivity index (χ2v) is 7.32. The number of nitrogens with one attached hydrogen (secondary N) is 1. The van der Waals surface area contributed by atoms with Crippen molar-refractivity contribution in [1.29, 1.82) is 0 Å². The molecule has 3 rings (SSSR count). The van der Waals surface area contributed by atoms with Crippen LogP contribution in [-0.4, -0.2) is 46.5 Å². The fourth-order valence-corrected chi connectivity index (χ4v) is 2.70. The molecule has 0 amide bonds. The molecule has 2 aromatic carbocycles. The predicted molar refractivity (Wildman–Crippen MR) is 103 cm³/mol. The monoisotopic (exact) mass is 468 g/mol. The first-order valence-corrected chi connectivity index (χ1v) is 10.3. The Morgan fingerprint density at radius 2 is 1.52 bits per heavy atom. The number of aromatic carboxylic acids is 1. The maximum absolute atomic E-state index is 12.5. The highest BCUT2D eigenvalue weighted by atomic mass is 32.2. The van der Waals surface area contributed by atoms with Crippen LogP contribution in [0.25, 0.3) is 5.69 Å². The smallest absolute Gasteiger partial charge is 0.425 e. The highest BCUT2D eigenvalue weighted by Gasteiger charge is 2.20. The number of benzene rings is 2. The van der Waals surface area contributed by atoms with Gasteiger partial charge in [-0.05, 0) is 36.4 Å². The lowest BCUT2D eigenvalue weighted by molar-refractivity contribution is 0.0690. The number of nitrogens with zero attached hydrogens (tertiary/aromatic N) is 3. The number of hydrogen-bond donors (Lipinski definition) is 3. The zero-order chi connectivity index (χ0) is 23.2. The number of carboxylic acids is 1. The van der Waals surface area contributed by atoms with Gasteiger partial charge < -0.3 is 5.11 Å². The molecule has 0 fully saturated rings. The standard InChI is InChI=1S/C16H12N4O6S.O3S/c21-15-13(18-17-10-6-8-12(9-7-10)27(24,25)26)14(16(22)23)19-20(15)11-4-2-1-3-5-11;1-4(2)3/h1-9,19H,(H,22,23)(H,24,25,26);. The van der Waals surface area contributed by atoms with Crippen molar-refractivity contribution < 1.29 is 35.5 Å². The van der Waals surface area contributed by atoms with Gasteiger partial charge >= 0.3 is 16.6 Å². The summed E-state index contributed by atoms with van der Waals surface area (Å²) in [6, 6.07) is 13.0. The minimum Gasteiger partial charge on any atom is -0.476 e. The van der Waals surface area contributed by atoms with E-state index in [2.05, 4.69) is 15.3 Å². The van der Waals surface area contributed by atoms with E-state index in [-0.39, 0.29) is 10.6 Å². The Hall–Kier alpha value is -3.95. The number of aromatic amines is 1. The van der Waals surface area contributed by atoms with Gasteiger partial charge in [0.2, 0.25) is 0 Å². The quantitative estimate of drug-likeness (QED) is 0.366. The van der Waals surface area contributed by atoms with Crippen LogP contribution in [0.4, 0.5) is 11.4 Å². The van der Waals surface area contributed by atoms with Crippen molar-refractivity contribution in [1.82, 2.24) is 9.78 Å². The summed E-state index contributed by atoms with van der Waals surface area (Å²) in [7, 11) is -7.46. The van der Waals surface area contributed by atoms with Crippen LogP contribution >= 0.6 is 0 Å². The molecule has 0 aliphatic carbocycles. The highest BCUT2D eigenvalue weighted by Crippen LogP contribution is 2.21. The molecule has 1 heterocycles. The van der Waals surface area contributed by atoms with Gasteiger partial charge in [-0.1, -0.05) is 18.2 Å². The van der Waals surface area contributed by atoms with Crippen LogP contribution in [0.1, 0.15) is 10.5 Å². The number of aromatic nitrogens is 2. The Labute approximate surface area is 175 Å². The number of hydrogen-bond acceptors (Lipinski definition) is 9. The molecule has 0 saturated carbocycles. The van der Waals surface area contributed by atoms with Crippen LogP contribution in [0.15, 0.2) is 74.5 Å². The molecule has 0 radical (unpaired) electrons. The molecule has 3 N–H and O–H groups in total. The number of carbonyl (C=O) groups is 1. The van der Waals surface area contributed by atoms with E-state index in [0.717, 1.165) is 16.8 Å². The molecular formula is C16H12N4O9S2. The molecular weight excluding hydrogens is 456 g/mol. The molecule has 1 aromatic heterocycles. The molecule has 0 atom stereocenters. The van der Waals surface area contributed by atoms with Crippen LogP contribution in [0.2, 0.25) is 0 Å². The SMILES string of the molecule is O=C(O)c1[nH]n(-c2ccccc2)c(=O)c1N=Nc1ccc(S(=O)(=O)O)cc1.O=S(=O)=O. The second kappa shape index (κ2) is 9.70. The van der Waals surface area contributed by atoms with Crippen molar-refractivity contribution in [3.63, 3.8) is 0 Å². The average Bonchev–Trinajstić information content (AvgIpc) is 3.03. The van der Waals surface area contributed by atoms with Crippen molar-refractivity contribution in [3.8, 4) is 5.69 Å². The lowest BCUT2D eigenvalue weighted by atomic mass is 10.3. The van der Waals surface area contributed by atoms with Gasteiger partial charge in [0.25, 0.3) is 15.7 Å². The molecule has 0 saturated heterocycles. The van der Waals surface area contributed by atoms with E-state index in [1.165, 1.54) is 12.1 Å². The molecule has 3 aromatic rings. The van der Waals surface area contributed by atoms with Gasteiger partial charge in [-0.3, -0.25) is 14.4 Å². The molecule has 13 nitrogen and oxygen atoms in total. The zero-order valence-electron chi connectivity index (χ0n) is 15.1. The first-order chi connectivity index (χ1) is 14.5. The number of carboxylic acid groups (broad SMARTS) is 1. The molecule has 15 heteroatoms. The first kappa shape index (κ1) is 23.3. The Balaban J connectivity index is 0.000000785. The molecule has 0 bridgehead atoms. The molecule has 0 aliphatic heterocycles. The Bertz CT molecular complexity index is 1380. The van der Waals surface area contributed by atoms with Gasteiger partial charge in [-0.25, -0.2) is 9.48 Å². The van der Waals surface area contributed by atoms with Gasteiger partial charge in [-0.2, -0.15) is 13.5 Å². The number of H-pyrrole nitrogens is 1. The molecule has 31 heavy (non-hydrogen) atoms.